The number of aryl methyl sites for hydroxylation is 1. The molecule has 0 aromatic carbocycles. The standard InChI is InChI=1S/C12H23N3O2/c1-11-14-10-12(9-13-2)15(11)5-4-6-17-8-7-16-3/h10,13H,4-9H2,1-3H3. The third-order valence-corrected chi connectivity index (χ3v) is 2.60. The van der Waals surface area contributed by atoms with Crippen molar-refractivity contribution >= 4 is 0 Å². The first-order chi connectivity index (χ1) is 8.29. The molecule has 0 unspecified atom stereocenters. The van der Waals surface area contributed by atoms with E-state index >= 15 is 0 Å². The molecule has 0 aliphatic rings. The van der Waals surface area contributed by atoms with Gasteiger partial charge in [0.15, 0.2) is 0 Å². The van der Waals surface area contributed by atoms with Crippen molar-refractivity contribution in [3.63, 3.8) is 0 Å². The van der Waals surface area contributed by atoms with Crippen LogP contribution in [0.2, 0.25) is 0 Å². The van der Waals surface area contributed by atoms with Crippen molar-refractivity contribution in [2.24, 2.45) is 0 Å². The van der Waals surface area contributed by atoms with Crippen LogP contribution >= 0.6 is 0 Å². The van der Waals surface area contributed by atoms with E-state index in [1.165, 1.54) is 5.69 Å². The lowest BCUT2D eigenvalue weighted by atomic mass is 10.4. The van der Waals surface area contributed by atoms with Crippen LogP contribution in [0.4, 0.5) is 0 Å². The van der Waals surface area contributed by atoms with Gasteiger partial charge in [0, 0.05) is 33.0 Å². The Balaban J connectivity index is 2.27. The molecule has 0 aliphatic carbocycles. The predicted octanol–water partition coefficient (Wildman–Crippen LogP) is 0.964. The number of imidazole rings is 1. The van der Waals surface area contributed by atoms with Gasteiger partial charge in [-0.05, 0) is 20.4 Å². The fraction of sp³-hybridized carbons (Fsp3) is 0.750. The lowest BCUT2D eigenvalue weighted by molar-refractivity contribution is 0.0679. The van der Waals surface area contributed by atoms with E-state index in [0.29, 0.717) is 13.2 Å². The first-order valence-electron chi connectivity index (χ1n) is 6.02. The molecule has 1 aromatic heterocycles. The van der Waals surface area contributed by atoms with Crippen LogP contribution < -0.4 is 5.32 Å². The molecule has 5 heteroatoms. The van der Waals surface area contributed by atoms with Gasteiger partial charge in [0.1, 0.15) is 5.82 Å². The summed E-state index contributed by atoms with van der Waals surface area (Å²) in [6.45, 7) is 5.93. The topological polar surface area (TPSA) is 48.3 Å². The number of hydrogen-bond acceptors (Lipinski definition) is 4. The molecule has 1 N–H and O–H groups in total. The molecule has 0 spiro atoms. The largest absolute Gasteiger partial charge is 0.382 e. The Morgan fingerprint density at radius 3 is 2.88 bits per heavy atom. The number of hydrogen-bond donors (Lipinski definition) is 1. The number of methoxy groups -OCH3 is 1. The SMILES string of the molecule is CNCc1cnc(C)n1CCCOCCOC. The van der Waals surface area contributed by atoms with Gasteiger partial charge in [0.25, 0.3) is 0 Å². The first kappa shape index (κ1) is 14.2. The van der Waals surface area contributed by atoms with E-state index < -0.39 is 0 Å². The zero-order chi connectivity index (χ0) is 12.5. The Morgan fingerprint density at radius 2 is 2.18 bits per heavy atom. The molecule has 17 heavy (non-hydrogen) atoms. The maximum Gasteiger partial charge on any atom is 0.105 e. The zero-order valence-electron chi connectivity index (χ0n) is 11.0. The van der Waals surface area contributed by atoms with Crippen molar-refractivity contribution in [1.29, 1.82) is 0 Å². The summed E-state index contributed by atoms with van der Waals surface area (Å²) in [6, 6.07) is 0. The van der Waals surface area contributed by atoms with Crippen molar-refractivity contribution < 1.29 is 9.47 Å². The minimum absolute atomic E-state index is 0.662. The van der Waals surface area contributed by atoms with Crippen molar-refractivity contribution in [3.8, 4) is 0 Å². The molecular formula is C12H23N3O2. The third kappa shape index (κ3) is 4.85. The van der Waals surface area contributed by atoms with Crippen molar-refractivity contribution in [3.05, 3.63) is 17.7 Å². The quantitative estimate of drug-likeness (QED) is 0.654. The van der Waals surface area contributed by atoms with Gasteiger partial charge in [-0.25, -0.2) is 4.98 Å². The normalized spacial score (nSPS) is 11.0. The lowest BCUT2D eigenvalue weighted by Gasteiger charge is -2.10. The highest BCUT2D eigenvalue weighted by atomic mass is 16.5. The fourth-order valence-corrected chi connectivity index (χ4v) is 1.71. The number of nitrogens with zero attached hydrogens (tertiary/aromatic N) is 2. The number of rotatable bonds is 9. The van der Waals surface area contributed by atoms with Crippen molar-refractivity contribution in [2.75, 3.05) is 34.0 Å². The maximum atomic E-state index is 5.44. The van der Waals surface area contributed by atoms with Crippen molar-refractivity contribution in [1.82, 2.24) is 14.9 Å². The van der Waals surface area contributed by atoms with E-state index in [4.69, 9.17) is 9.47 Å². The molecule has 0 saturated carbocycles. The molecule has 0 atom stereocenters. The van der Waals surface area contributed by atoms with Crippen LogP contribution in [0, 0.1) is 6.92 Å². The first-order valence-corrected chi connectivity index (χ1v) is 6.02. The third-order valence-electron chi connectivity index (χ3n) is 2.60. The summed E-state index contributed by atoms with van der Waals surface area (Å²) in [5.74, 6) is 1.06. The molecule has 0 aliphatic heterocycles. The Morgan fingerprint density at radius 1 is 1.35 bits per heavy atom. The summed E-state index contributed by atoms with van der Waals surface area (Å²) in [7, 11) is 3.63. The second kappa shape index (κ2) is 8.22. The van der Waals surface area contributed by atoms with Crippen LogP contribution in [-0.4, -0.2) is 43.5 Å². The van der Waals surface area contributed by atoms with Crippen LogP contribution in [0.3, 0.4) is 0 Å². The summed E-state index contributed by atoms with van der Waals surface area (Å²) in [4.78, 5) is 4.33. The summed E-state index contributed by atoms with van der Waals surface area (Å²) in [6.07, 6.45) is 2.93. The van der Waals surface area contributed by atoms with Gasteiger partial charge in [0.2, 0.25) is 0 Å². The molecular weight excluding hydrogens is 218 g/mol. The van der Waals surface area contributed by atoms with Crippen LogP contribution in [0.1, 0.15) is 17.9 Å². The van der Waals surface area contributed by atoms with Gasteiger partial charge < -0.3 is 19.4 Å². The van der Waals surface area contributed by atoms with Crippen LogP contribution in [0.5, 0.6) is 0 Å². The molecule has 1 heterocycles. The highest BCUT2D eigenvalue weighted by molar-refractivity contribution is 5.04. The Kier molecular flexibility index (Phi) is 6.84. The summed E-state index contributed by atoms with van der Waals surface area (Å²) >= 11 is 0. The zero-order valence-corrected chi connectivity index (χ0v) is 11.0. The molecule has 1 aromatic rings. The lowest BCUT2D eigenvalue weighted by Crippen LogP contribution is -2.13. The summed E-state index contributed by atoms with van der Waals surface area (Å²) in [5, 5.41) is 3.15. The number of ether oxygens (including phenoxy) is 2. The Bertz CT molecular complexity index is 313. The smallest absolute Gasteiger partial charge is 0.105 e. The van der Waals surface area contributed by atoms with Crippen LogP contribution in [-0.2, 0) is 22.6 Å². The average molecular weight is 241 g/mol. The second-order valence-electron chi connectivity index (χ2n) is 3.94. The van der Waals surface area contributed by atoms with E-state index in [1.54, 1.807) is 7.11 Å². The van der Waals surface area contributed by atoms with Gasteiger partial charge in [-0.1, -0.05) is 0 Å². The Labute approximate surface area is 103 Å². The van der Waals surface area contributed by atoms with Gasteiger partial charge in [-0.3, -0.25) is 0 Å². The molecule has 0 bridgehead atoms. The van der Waals surface area contributed by atoms with E-state index in [1.807, 2.05) is 20.2 Å². The summed E-state index contributed by atoms with van der Waals surface area (Å²) < 4.78 is 12.6. The minimum Gasteiger partial charge on any atom is -0.382 e. The Hall–Kier alpha value is -0.910. The minimum atomic E-state index is 0.662. The fourth-order valence-electron chi connectivity index (χ4n) is 1.71. The summed E-state index contributed by atoms with van der Waals surface area (Å²) in [5.41, 5.74) is 1.22. The average Bonchev–Trinajstić information content (AvgIpc) is 2.66. The maximum absolute atomic E-state index is 5.44. The van der Waals surface area contributed by atoms with Crippen LogP contribution in [0.25, 0.3) is 0 Å². The van der Waals surface area contributed by atoms with Gasteiger partial charge in [0.05, 0.1) is 18.9 Å². The number of nitrogens with one attached hydrogen (secondary N) is 1. The molecule has 0 amide bonds. The van der Waals surface area contributed by atoms with Gasteiger partial charge in [-0.2, -0.15) is 0 Å². The predicted molar refractivity (Wildman–Crippen MR) is 67.0 cm³/mol. The molecule has 0 saturated heterocycles. The molecule has 0 radical (unpaired) electrons. The van der Waals surface area contributed by atoms with Gasteiger partial charge >= 0.3 is 0 Å². The van der Waals surface area contributed by atoms with E-state index in [2.05, 4.69) is 14.9 Å². The number of aromatic nitrogens is 2. The van der Waals surface area contributed by atoms with E-state index in [9.17, 15) is 0 Å². The monoisotopic (exact) mass is 241 g/mol. The second-order valence-corrected chi connectivity index (χ2v) is 3.94. The van der Waals surface area contributed by atoms with Crippen molar-refractivity contribution in [2.45, 2.75) is 26.4 Å². The highest BCUT2D eigenvalue weighted by Gasteiger charge is 2.04. The molecule has 0 fully saturated rings. The molecule has 98 valence electrons. The van der Waals surface area contributed by atoms with Crippen LogP contribution in [0.15, 0.2) is 6.20 Å². The molecule has 1 rings (SSSR count). The molecule has 5 nitrogen and oxygen atoms in total. The highest BCUT2D eigenvalue weighted by Crippen LogP contribution is 2.05. The van der Waals surface area contributed by atoms with E-state index in [0.717, 1.165) is 31.9 Å². The van der Waals surface area contributed by atoms with E-state index in [-0.39, 0.29) is 0 Å². The van der Waals surface area contributed by atoms with Gasteiger partial charge in [-0.15, -0.1) is 0 Å².